The molecule has 0 radical (unpaired) electrons. The number of carbonyl (C=O) groups excluding carboxylic acids is 1. The minimum atomic E-state index is -1.16. The maximum atomic E-state index is 9.49. The summed E-state index contributed by atoms with van der Waals surface area (Å²) in [6.07, 6.45) is 0. The Balaban J connectivity index is 0. The Bertz CT molecular complexity index is 64.7. The number of rotatable bonds is 1. The van der Waals surface area contributed by atoms with Crippen LogP contribution in [0.5, 0.6) is 0 Å². The van der Waals surface area contributed by atoms with Crippen LogP contribution in [0, 0.1) is 0 Å². The van der Waals surface area contributed by atoms with Gasteiger partial charge in [0.2, 0.25) is 0 Å². The normalized spacial score (nSPS) is 7.86. The average molecular weight is 240 g/mol. The van der Waals surface area contributed by atoms with Gasteiger partial charge in [0.1, 0.15) is 3.74 Å². The van der Waals surface area contributed by atoms with E-state index in [1.165, 1.54) is 0 Å². The number of hydrogen-bond acceptors (Lipinski definition) is 2. The Hall–Kier alpha value is 1.43. The minimum absolute atomic E-state index is 0. The Morgan fingerprint density at radius 3 is 1.71 bits per heavy atom. The van der Waals surface area contributed by atoms with Crippen molar-refractivity contribution in [3.05, 3.63) is 0 Å². The second kappa shape index (κ2) is 5.56. The Morgan fingerprint density at radius 2 is 1.71 bits per heavy atom. The van der Waals surface area contributed by atoms with Crippen molar-refractivity contribution in [1.29, 1.82) is 0 Å². The number of halogens is 2. The number of carboxylic acid groups (broad SMARTS) is 1. The molecule has 7 heavy (non-hydrogen) atoms. The number of hydrogen-bond donors (Lipinski definition) is 0. The molecule has 0 saturated heterocycles. The number of carbonyl (C=O) groups is 1. The first-order valence-electron chi connectivity index (χ1n) is 1.13. The number of aliphatic carboxylic acids is 1. The standard InChI is InChI=1S/C2H2Br2O2.Na/c3-1(4)2(5)6;/h1H,(H,5,6);/q;+1/p-1. The van der Waals surface area contributed by atoms with Crippen LogP contribution < -0.4 is 34.7 Å². The summed E-state index contributed by atoms with van der Waals surface area (Å²) in [6, 6.07) is 0. The van der Waals surface area contributed by atoms with Gasteiger partial charge in [-0.3, -0.25) is 0 Å². The molecular formula is C2HBr2NaO2. The maximum absolute atomic E-state index is 9.49. The first kappa shape index (κ1) is 11.3. The van der Waals surface area contributed by atoms with Crippen molar-refractivity contribution >= 4 is 37.8 Å². The van der Waals surface area contributed by atoms with E-state index in [0.29, 0.717) is 0 Å². The monoisotopic (exact) mass is 238 g/mol. The van der Waals surface area contributed by atoms with Gasteiger partial charge in [-0.15, -0.1) is 0 Å². The molecular weight excluding hydrogens is 239 g/mol. The quantitative estimate of drug-likeness (QED) is 0.359. The van der Waals surface area contributed by atoms with Crippen LogP contribution in [0.4, 0.5) is 0 Å². The van der Waals surface area contributed by atoms with Gasteiger partial charge in [-0.05, 0) is 0 Å². The third kappa shape index (κ3) is 7.43. The van der Waals surface area contributed by atoms with Gasteiger partial charge in [0.25, 0.3) is 0 Å². The zero-order valence-corrected chi connectivity index (χ0v) is 8.82. The number of alkyl halides is 2. The van der Waals surface area contributed by atoms with E-state index in [2.05, 4.69) is 31.9 Å². The summed E-state index contributed by atoms with van der Waals surface area (Å²) in [5.74, 6) is -1.16. The van der Waals surface area contributed by atoms with Crippen molar-refractivity contribution in [2.45, 2.75) is 3.74 Å². The second-order valence-electron chi connectivity index (χ2n) is 0.620. The van der Waals surface area contributed by atoms with Crippen molar-refractivity contribution in [1.82, 2.24) is 0 Å². The van der Waals surface area contributed by atoms with Gasteiger partial charge in [-0.2, -0.15) is 0 Å². The van der Waals surface area contributed by atoms with Gasteiger partial charge in [-0.1, -0.05) is 31.9 Å². The van der Waals surface area contributed by atoms with Crippen molar-refractivity contribution in [3.8, 4) is 0 Å². The van der Waals surface area contributed by atoms with E-state index < -0.39 is 9.71 Å². The summed E-state index contributed by atoms with van der Waals surface area (Å²) in [4.78, 5) is 9.49. The van der Waals surface area contributed by atoms with Crippen LogP contribution in [0.2, 0.25) is 0 Å². The van der Waals surface area contributed by atoms with Gasteiger partial charge < -0.3 is 9.90 Å². The molecule has 5 heteroatoms. The smallest absolute Gasteiger partial charge is 0.548 e. The molecule has 0 N–H and O–H groups in total. The Morgan fingerprint density at radius 1 is 1.57 bits per heavy atom. The van der Waals surface area contributed by atoms with Crippen LogP contribution in [0.15, 0.2) is 0 Å². The van der Waals surface area contributed by atoms with Crippen LogP contribution >= 0.6 is 31.9 Å². The van der Waals surface area contributed by atoms with Gasteiger partial charge >= 0.3 is 29.6 Å². The maximum Gasteiger partial charge on any atom is 1.00 e. The minimum Gasteiger partial charge on any atom is -0.548 e. The molecule has 0 bridgehead atoms. The zero-order chi connectivity index (χ0) is 5.15. The molecule has 0 amide bonds. The summed E-state index contributed by atoms with van der Waals surface area (Å²) in [6.45, 7) is 0. The molecule has 0 heterocycles. The second-order valence-corrected chi connectivity index (χ2v) is 3.68. The van der Waals surface area contributed by atoms with Crippen molar-refractivity contribution in [3.63, 3.8) is 0 Å². The van der Waals surface area contributed by atoms with Gasteiger partial charge in [0.05, 0.1) is 5.97 Å². The largest absolute Gasteiger partial charge is 1.00 e. The molecule has 0 aliphatic rings. The molecule has 0 fully saturated rings. The molecule has 36 valence electrons. The first-order chi connectivity index (χ1) is 2.64. The molecule has 0 aliphatic carbocycles. The van der Waals surface area contributed by atoms with E-state index in [4.69, 9.17) is 0 Å². The zero-order valence-electron chi connectivity index (χ0n) is 3.65. The van der Waals surface area contributed by atoms with Crippen LogP contribution in [-0.2, 0) is 4.79 Å². The summed E-state index contributed by atoms with van der Waals surface area (Å²) in [7, 11) is 0. The van der Waals surface area contributed by atoms with E-state index in [1.807, 2.05) is 0 Å². The first-order valence-corrected chi connectivity index (χ1v) is 2.96. The Labute approximate surface area is 80.2 Å². The molecule has 0 spiro atoms. The summed E-state index contributed by atoms with van der Waals surface area (Å²) < 4.78 is -0.718. The van der Waals surface area contributed by atoms with E-state index in [-0.39, 0.29) is 29.6 Å². The molecule has 0 aromatic rings. The molecule has 0 unspecified atom stereocenters. The molecule has 0 aromatic heterocycles. The third-order valence-corrected chi connectivity index (χ3v) is 0.926. The fourth-order valence-corrected chi connectivity index (χ4v) is 0. The summed E-state index contributed by atoms with van der Waals surface area (Å²) in [5, 5.41) is 9.49. The molecule has 0 aromatic carbocycles. The van der Waals surface area contributed by atoms with Crippen molar-refractivity contribution in [2.24, 2.45) is 0 Å². The topological polar surface area (TPSA) is 40.1 Å². The van der Waals surface area contributed by atoms with Crippen LogP contribution in [0.1, 0.15) is 0 Å². The third-order valence-electron chi connectivity index (χ3n) is 0.178. The van der Waals surface area contributed by atoms with Gasteiger partial charge in [0.15, 0.2) is 0 Å². The fraction of sp³-hybridized carbons (Fsp3) is 0.500. The van der Waals surface area contributed by atoms with E-state index in [0.717, 1.165) is 0 Å². The summed E-state index contributed by atoms with van der Waals surface area (Å²) in [5.41, 5.74) is 0. The molecule has 0 saturated carbocycles. The van der Waals surface area contributed by atoms with E-state index >= 15 is 0 Å². The van der Waals surface area contributed by atoms with Crippen molar-refractivity contribution < 1.29 is 39.5 Å². The van der Waals surface area contributed by atoms with Gasteiger partial charge in [-0.25, -0.2) is 0 Å². The molecule has 0 rings (SSSR count). The predicted molar refractivity (Wildman–Crippen MR) is 26.6 cm³/mol. The van der Waals surface area contributed by atoms with E-state index in [9.17, 15) is 9.90 Å². The van der Waals surface area contributed by atoms with Crippen LogP contribution in [0.25, 0.3) is 0 Å². The van der Waals surface area contributed by atoms with Crippen LogP contribution in [-0.4, -0.2) is 9.71 Å². The number of carboxylic acids is 1. The van der Waals surface area contributed by atoms with E-state index in [1.54, 1.807) is 0 Å². The van der Waals surface area contributed by atoms with Crippen LogP contribution in [0.3, 0.4) is 0 Å². The SMILES string of the molecule is O=C([O-])C(Br)Br.[Na+]. The predicted octanol–water partition coefficient (Wildman–Crippen LogP) is -3.14. The van der Waals surface area contributed by atoms with Gasteiger partial charge in [0, 0.05) is 0 Å². The van der Waals surface area contributed by atoms with Crippen molar-refractivity contribution in [2.75, 3.05) is 0 Å². The summed E-state index contributed by atoms with van der Waals surface area (Å²) >= 11 is 5.39. The molecule has 0 atom stereocenters. The Kier molecular flexibility index (Phi) is 8.95. The molecule has 0 aliphatic heterocycles. The average Bonchev–Trinajstić information content (AvgIpc) is 1.36. The fourth-order valence-electron chi connectivity index (χ4n) is 0. The molecule has 2 nitrogen and oxygen atoms in total.